The van der Waals surface area contributed by atoms with Crippen molar-refractivity contribution in [3.05, 3.63) is 83.4 Å². The van der Waals surface area contributed by atoms with Crippen molar-refractivity contribution in [1.82, 2.24) is 20.2 Å². The number of aromatic nitrogens is 2. The Balaban J connectivity index is 1.25. The first-order valence-electron chi connectivity index (χ1n) is 10.0. The lowest BCUT2D eigenvalue weighted by molar-refractivity contribution is 0.357. The first-order chi connectivity index (χ1) is 14.3. The quantitative estimate of drug-likeness (QED) is 0.482. The average molecular weight is 390 g/mol. The fourth-order valence-corrected chi connectivity index (χ4v) is 3.56. The van der Waals surface area contributed by atoms with E-state index in [-0.39, 0.29) is 0 Å². The largest absolute Gasteiger partial charge is 0.493 e. The molecule has 0 atom stereocenters. The van der Waals surface area contributed by atoms with Crippen LogP contribution in [0.3, 0.4) is 0 Å². The van der Waals surface area contributed by atoms with Gasteiger partial charge >= 0.3 is 0 Å². The number of aliphatic imine (C=N–C) groups is 1. The molecule has 2 N–H and O–H groups in total. The molecule has 1 aliphatic heterocycles. The van der Waals surface area contributed by atoms with Crippen LogP contribution in [0.5, 0.6) is 5.75 Å². The number of imidazole rings is 1. The minimum Gasteiger partial charge on any atom is -0.493 e. The minimum absolute atomic E-state index is 0.730. The topological polar surface area (TPSA) is 63.5 Å². The summed E-state index contributed by atoms with van der Waals surface area (Å²) in [6, 6.07) is 15.1. The molecule has 0 amide bonds. The van der Waals surface area contributed by atoms with E-state index in [9.17, 15) is 0 Å². The number of nitrogens with zero attached hydrogens (tertiary/aromatic N) is 3. The highest BCUT2D eigenvalue weighted by atomic mass is 16.5. The molecular formula is C23H27N5O. The van der Waals surface area contributed by atoms with Crippen molar-refractivity contribution in [2.24, 2.45) is 4.99 Å². The second-order valence-electron chi connectivity index (χ2n) is 7.20. The second kappa shape index (κ2) is 9.28. The van der Waals surface area contributed by atoms with Crippen molar-refractivity contribution in [3.63, 3.8) is 0 Å². The lowest BCUT2D eigenvalue weighted by Gasteiger charge is -2.13. The van der Waals surface area contributed by atoms with E-state index in [0.717, 1.165) is 50.8 Å². The van der Waals surface area contributed by atoms with Crippen LogP contribution in [-0.2, 0) is 25.9 Å². The van der Waals surface area contributed by atoms with Crippen LogP contribution in [-0.4, -0.2) is 35.7 Å². The molecule has 1 aromatic heterocycles. The maximum atomic E-state index is 5.58. The van der Waals surface area contributed by atoms with E-state index in [1.165, 1.54) is 22.3 Å². The summed E-state index contributed by atoms with van der Waals surface area (Å²) < 4.78 is 7.64. The standard InChI is InChI=1S/C23H27N5O/c1-24-23(26-9-7-18-5-6-22-21(14-18)8-12-29-22)27-15-19-3-2-4-20(13-19)16-28-11-10-25-17-28/h2-6,10-11,13-14,17H,7-9,12,15-16H2,1H3,(H2,24,26,27). The third-order valence-corrected chi connectivity index (χ3v) is 5.06. The number of nitrogens with one attached hydrogen (secondary N) is 2. The van der Waals surface area contributed by atoms with Gasteiger partial charge in [-0.15, -0.1) is 0 Å². The van der Waals surface area contributed by atoms with E-state index >= 15 is 0 Å². The Morgan fingerprint density at radius 3 is 2.93 bits per heavy atom. The van der Waals surface area contributed by atoms with Gasteiger partial charge in [0, 0.05) is 45.5 Å². The Morgan fingerprint density at radius 1 is 1.14 bits per heavy atom. The van der Waals surface area contributed by atoms with Gasteiger partial charge in [-0.2, -0.15) is 0 Å². The highest BCUT2D eigenvalue weighted by Gasteiger charge is 2.11. The number of guanidine groups is 1. The van der Waals surface area contributed by atoms with Gasteiger partial charge in [-0.1, -0.05) is 36.4 Å². The van der Waals surface area contributed by atoms with Gasteiger partial charge in [0.2, 0.25) is 0 Å². The van der Waals surface area contributed by atoms with Crippen LogP contribution < -0.4 is 15.4 Å². The Hall–Kier alpha value is -3.28. The molecule has 0 spiro atoms. The first kappa shape index (κ1) is 19.1. The normalized spacial score (nSPS) is 13.1. The molecule has 1 aliphatic rings. The molecule has 150 valence electrons. The molecule has 2 aromatic carbocycles. The van der Waals surface area contributed by atoms with Crippen molar-refractivity contribution in [1.29, 1.82) is 0 Å². The number of hydrogen-bond acceptors (Lipinski definition) is 3. The summed E-state index contributed by atoms with van der Waals surface area (Å²) in [4.78, 5) is 8.44. The summed E-state index contributed by atoms with van der Waals surface area (Å²) in [5.41, 5.74) is 5.13. The average Bonchev–Trinajstić information content (AvgIpc) is 3.42. The second-order valence-corrected chi connectivity index (χ2v) is 7.20. The lowest BCUT2D eigenvalue weighted by atomic mass is 10.1. The van der Waals surface area contributed by atoms with Crippen molar-refractivity contribution in [3.8, 4) is 5.75 Å². The van der Waals surface area contributed by atoms with E-state index in [1.54, 1.807) is 13.2 Å². The molecule has 29 heavy (non-hydrogen) atoms. The molecule has 0 saturated heterocycles. The Labute approximate surface area is 171 Å². The Morgan fingerprint density at radius 2 is 2.07 bits per heavy atom. The molecule has 0 aliphatic carbocycles. The van der Waals surface area contributed by atoms with E-state index in [2.05, 4.69) is 67.6 Å². The monoisotopic (exact) mass is 389 g/mol. The number of rotatable bonds is 7. The van der Waals surface area contributed by atoms with Gasteiger partial charge in [-0.05, 0) is 34.7 Å². The van der Waals surface area contributed by atoms with Gasteiger partial charge in [0.15, 0.2) is 5.96 Å². The summed E-state index contributed by atoms with van der Waals surface area (Å²) in [6.07, 6.45) is 7.58. The van der Waals surface area contributed by atoms with Gasteiger partial charge in [0.05, 0.1) is 12.9 Å². The fourth-order valence-electron chi connectivity index (χ4n) is 3.56. The van der Waals surface area contributed by atoms with Gasteiger partial charge < -0.3 is 19.9 Å². The molecule has 6 nitrogen and oxygen atoms in total. The van der Waals surface area contributed by atoms with Gasteiger partial charge in [0.1, 0.15) is 5.75 Å². The van der Waals surface area contributed by atoms with Crippen LogP contribution in [0.15, 0.2) is 66.2 Å². The summed E-state index contributed by atoms with van der Waals surface area (Å²) in [5.74, 6) is 1.85. The summed E-state index contributed by atoms with van der Waals surface area (Å²) in [5, 5.41) is 6.80. The van der Waals surface area contributed by atoms with E-state index in [4.69, 9.17) is 4.74 Å². The zero-order valence-electron chi connectivity index (χ0n) is 16.8. The lowest BCUT2D eigenvalue weighted by Crippen LogP contribution is -2.37. The molecule has 6 heteroatoms. The number of fused-ring (bicyclic) bond motifs is 1. The van der Waals surface area contributed by atoms with Crippen LogP contribution in [0.25, 0.3) is 0 Å². The smallest absolute Gasteiger partial charge is 0.191 e. The van der Waals surface area contributed by atoms with Crippen LogP contribution in [0.2, 0.25) is 0 Å². The van der Waals surface area contributed by atoms with Crippen LogP contribution in [0, 0.1) is 0 Å². The fraction of sp³-hybridized carbons (Fsp3) is 0.304. The summed E-state index contributed by atoms with van der Waals surface area (Å²) >= 11 is 0. The van der Waals surface area contributed by atoms with Gasteiger partial charge in [0.25, 0.3) is 0 Å². The number of ether oxygens (including phenoxy) is 1. The molecule has 4 rings (SSSR count). The minimum atomic E-state index is 0.730. The van der Waals surface area contributed by atoms with Gasteiger partial charge in [-0.25, -0.2) is 4.98 Å². The van der Waals surface area contributed by atoms with Crippen molar-refractivity contribution >= 4 is 5.96 Å². The maximum Gasteiger partial charge on any atom is 0.191 e. The third-order valence-electron chi connectivity index (χ3n) is 5.06. The Bertz CT molecular complexity index is 965. The molecule has 0 fully saturated rings. The molecular weight excluding hydrogens is 362 g/mol. The van der Waals surface area contributed by atoms with Crippen molar-refractivity contribution in [2.75, 3.05) is 20.2 Å². The van der Waals surface area contributed by atoms with Crippen LogP contribution in [0.4, 0.5) is 0 Å². The number of hydrogen-bond donors (Lipinski definition) is 2. The van der Waals surface area contributed by atoms with Gasteiger partial charge in [-0.3, -0.25) is 4.99 Å². The zero-order valence-corrected chi connectivity index (χ0v) is 16.8. The van der Waals surface area contributed by atoms with E-state index in [1.807, 2.05) is 12.5 Å². The molecule has 3 aromatic rings. The predicted molar refractivity (Wildman–Crippen MR) is 115 cm³/mol. The zero-order chi connectivity index (χ0) is 19.9. The van der Waals surface area contributed by atoms with Crippen LogP contribution in [0.1, 0.15) is 22.3 Å². The SMILES string of the molecule is CN=C(NCCc1ccc2c(c1)CCO2)NCc1cccc(Cn2ccnc2)c1. The summed E-state index contributed by atoms with van der Waals surface area (Å²) in [7, 11) is 1.80. The molecule has 0 saturated carbocycles. The highest BCUT2D eigenvalue weighted by molar-refractivity contribution is 5.79. The third kappa shape index (κ3) is 5.16. The first-order valence-corrected chi connectivity index (χ1v) is 10.0. The highest BCUT2D eigenvalue weighted by Crippen LogP contribution is 2.25. The molecule has 0 unspecified atom stereocenters. The molecule has 0 bridgehead atoms. The summed E-state index contributed by atoms with van der Waals surface area (Å²) in [6.45, 7) is 3.19. The van der Waals surface area contributed by atoms with Crippen molar-refractivity contribution in [2.45, 2.75) is 25.9 Å². The maximum absolute atomic E-state index is 5.58. The molecule has 0 radical (unpaired) electrons. The Kier molecular flexibility index (Phi) is 6.10. The van der Waals surface area contributed by atoms with E-state index in [0.29, 0.717) is 0 Å². The van der Waals surface area contributed by atoms with E-state index < -0.39 is 0 Å². The number of benzene rings is 2. The molecule has 2 heterocycles. The predicted octanol–water partition coefficient (Wildman–Crippen LogP) is 2.77. The van der Waals surface area contributed by atoms with Crippen LogP contribution >= 0.6 is 0 Å². The van der Waals surface area contributed by atoms with Crippen molar-refractivity contribution < 1.29 is 4.74 Å².